The first kappa shape index (κ1) is 24.8. The molecule has 0 saturated carbocycles. The lowest BCUT2D eigenvalue weighted by atomic mass is 10.1. The van der Waals surface area contributed by atoms with Gasteiger partial charge in [-0.3, -0.25) is 14.9 Å². The van der Waals surface area contributed by atoms with Crippen LogP contribution in [0, 0.1) is 24.3 Å². The van der Waals surface area contributed by atoms with E-state index in [9.17, 15) is 24.0 Å². The lowest BCUT2D eigenvalue weighted by Gasteiger charge is -2.26. The second-order valence-electron chi connectivity index (χ2n) is 7.31. The quantitative estimate of drug-likeness (QED) is 0.227. The van der Waals surface area contributed by atoms with Gasteiger partial charge in [-0.15, -0.1) is 0 Å². The van der Waals surface area contributed by atoms with Crippen LogP contribution in [0.3, 0.4) is 0 Å². The second kappa shape index (κ2) is 10.5. The van der Waals surface area contributed by atoms with Crippen molar-refractivity contribution in [2.75, 3.05) is 4.90 Å². The maximum absolute atomic E-state index is 13.3. The Balaban J connectivity index is 1.61. The molecule has 10 heteroatoms. The minimum atomic E-state index is -0.908. The van der Waals surface area contributed by atoms with E-state index in [1.165, 1.54) is 18.2 Å². The summed E-state index contributed by atoms with van der Waals surface area (Å²) in [5, 5.41) is 11.4. The number of hydrogen-bond donors (Lipinski definition) is 1. The van der Waals surface area contributed by atoms with Crippen molar-refractivity contribution in [2.45, 2.75) is 6.61 Å². The summed E-state index contributed by atoms with van der Waals surface area (Å²) in [5.41, 5.74) is 1.73. The number of barbiturate groups is 1. The molecule has 3 aromatic rings. The summed E-state index contributed by atoms with van der Waals surface area (Å²) in [6.07, 6.45) is 1.39. The minimum absolute atomic E-state index is 0.137. The van der Waals surface area contributed by atoms with Crippen LogP contribution < -0.4 is 15.0 Å². The van der Waals surface area contributed by atoms with Crippen molar-refractivity contribution in [2.24, 2.45) is 0 Å². The third-order valence-electron chi connectivity index (χ3n) is 5.03. The third-order valence-corrected chi connectivity index (χ3v) is 6.63. The molecule has 1 heterocycles. The number of anilines is 1. The van der Waals surface area contributed by atoms with Crippen LogP contribution in [0.25, 0.3) is 6.08 Å². The highest BCUT2D eigenvalue weighted by Crippen LogP contribution is 2.31. The summed E-state index contributed by atoms with van der Waals surface area (Å²) in [6, 6.07) is 16.7. The molecular formula is C25H14FI2N3O4. The van der Waals surface area contributed by atoms with Crippen molar-refractivity contribution in [3.05, 3.63) is 95.9 Å². The summed E-state index contributed by atoms with van der Waals surface area (Å²) in [4.78, 5) is 38.5. The van der Waals surface area contributed by atoms with E-state index in [1.54, 1.807) is 24.3 Å². The van der Waals surface area contributed by atoms with E-state index < -0.39 is 23.7 Å². The molecule has 0 spiro atoms. The Morgan fingerprint density at radius 1 is 1.03 bits per heavy atom. The molecule has 0 unspecified atom stereocenters. The number of hydrogen-bond acceptors (Lipinski definition) is 5. The van der Waals surface area contributed by atoms with Gasteiger partial charge >= 0.3 is 6.03 Å². The molecule has 4 amide bonds. The van der Waals surface area contributed by atoms with Gasteiger partial charge in [-0.05, 0) is 99.3 Å². The largest absolute Gasteiger partial charge is 0.487 e. The number of amides is 4. The molecule has 1 aliphatic rings. The fourth-order valence-electron chi connectivity index (χ4n) is 3.35. The predicted octanol–water partition coefficient (Wildman–Crippen LogP) is 5.15. The van der Waals surface area contributed by atoms with Gasteiger partial charge in [-0.2, -0.15) is 5.26 Å². The van der Waals surface area contributed by atoms with E-state index in [0.29, 0.717) is 16.9 Å². The van der Waals surface area contributed by atoms with Gasteiger partial charge in [0, 0.05) is 5.56 Å². The maximum Gasteiger partial charge on any atom is 0.335 e. The number of urea groups is 1. The summed E-state index contributed by atoms with van der Waals surface area (Å²) < 4.78 is 20.7. The molecule has 0 aromatic heterocycles. The molecule has 1 N–H and O–H groups in total. The van der Waals surface area contributed by atoms with Crippen molar-refractivity contribution >= 4 is 74.8 Å². The average Bonchev–Trinajstić information content (AvgIpc) is 2.82. The standard InChI is InChI=1S/C25H14FI2N3O4/c26-17-5-7-18(8-6-17)31-24(33)19(23(32)30-25(31)34)9-14-10-20(27)22(21(28)11-14)35-13-16-4-2-1-3-15(16)12-29/h1-11H,13H2,(H,30,32,34)/b19-9+. The number of nitriles is 1. The van der Waals surface area contributed by atoms with E-state index in [0.717, 1.165) is 29.7 Å². The molecule has 174 valence electrons. The minimum Gasteiger partial charge on any atom is -0.487 e. The summed E-state index contributed by atoms with van der Waals surface area (Å²) in [5.74, 6) is -1.56. The van der Waals surface area contributed by atoms with Gasteiger partial charge in [-0.25, -0.2) is 14.1 Å². The highest BCUT2D eigenvalue weighted by Gasteiger charge is 2.36. The summed E-state index contributed by atoms with van der Waals surface area (Å²) in [7, 11) is 0. The number of carbonyl (C=O) groups excluding carboxylic acids is 3. The Bertz CT molecular complexity index is 1410. The van der Waals surface area contributed by atoms with Crippen LogP contribution >= 0.6 is 45.2 Å². The first-order valence-electron chi connectivity index (χ1n) is 10.1. The second-order valence-corrected chi connectivity index (χ2v) is 9.63. The normalized spacial score (nSPS) is 14.6. The lowest BCUT2D eigenvalue weighted by Crippen LogP contribution is -2.54. The number of rotatable bonds is 5. The van der Waals surface area contributed by atoms with Crippen LogP contribution in [0.5, 0.6) is 5.75 Å². The van der Waals surface area contributed by atoms with Gasteiger partial charge in [-0.1, -0.05) is 18.2 Å². The average molecular weight is 693 g/mol. The summed E-state index contributed by atoms with van der Waals surface area (Å²) in [6.45, 7) is 0.200. The Morgan fingerprint density at radius 2 is 1.69 bits per heavy atom. The summed E-state index contributed by atoms with van der Waals surface area (Å²) >= 11 is 4.17. The number of nitrogens with zero attached hydrogens (tertiary/aromatic N) is 2. The lowest BCUT2D eigenvalue weighted by molar-refractivity contribution is -0.122. The van der Waals surface area contributed by atoms with Crippen molar-refractivity contribution in [1.82, 2.24) is 5.32 Å². The van der Waals surface area contributed by atoms with Gasteiger partial charge in [0.2, 0.25) is 0 Å². The zero-order valence-electron chi connectivity index (χ0n) is 17.7. The molecule has 1 saturated heterocycles. The van der Waals surface area contributed by atoms with Gasteiger partial charge < -0.3 is 4.74 Å². The molecule has 35 heavy (non-hydrogen) atoms. The zero-order valence-corrected chi connectivity index (χ0v) is 22.0. The van der Waals surface area contributed by atoms with Crippen LogP contribution in [0.4, 0.5) is 14.9 Å². The molecule has 7 nitrogen and oxygen atoms in total. The molecule has 3 aromatic carbocycles. The third kappa shape index (κ3) is 5.35. The SMILES string of the molecule is N#Cc1ccccc1COc1c(I)cc(/C=C2\C(=O)NC(=O)N(c3ccc(F)cc3)C2=O)cc1I. The van der Waals surface area contributed by atoms with Crippen LogP contribution in [0.2, 0.25) is 0 Å². The van der Waals surface area contributed by atoms with Gasteiger partial charge in [0.1, 0.15) is 23.7 Å². The fourth-order valence-corrected chi connectivity index (χ4v) is 5.48. The predicted molar refractivity (Wildman–Crippen MR) is 143 cm³/mol. The van der Waals surface area contributed by atoms with Crippen LogP contribution in [-0.2, 0) is 16.2 Å². The molecule has 0 aliphatic carbocycles. The van der Waals surface area contributed by atoms with E-state index in [-0.39, 0.29) is 17.9 Å². The number of halogens is 3. The Kier molecular flexibility index (Phi) is 7.46. The maximum atomic E-state index is 13.3. The number of ether oxygens (including phenoxy) is 1. The molecule has 0 atom stereocenters. The van der Waals surface area contributed by atoms with E-state index >= 15 is 0 Å². The van der Waals surface area contributed by atoms with Crippen LogP contribution in [0.15, 0.2) is 66.2 Å². The Hall–Kier alpha value is -3.31. The number of benzene rings is 3. The molecule has 0 bridgehead atoms. The van der Waals surface area contributed by atoms with E-state index in [1.807, 2.05) is 12.1 Å². The van der Waals surface area contributed by atoms with E-state index in [2.05, 4.69) is 56.6 Å². The van der Waals surface area contributed by atoms with Crippen molar-refractivity contribution in [3.63, 3.8) is 0 Å². The molecule has 1 fully saturated rings. The molecule has 0 radical (unpaired) electrons. The van der Waals surface area contributed by atoms with Crippen molar-refractivity contribution < 1.29 is 23.5 Å². The van der Waals surface area contributed by atoms with Crippen LogP contribution in [-0.4, -0.2) is 17.8 Å². The van der Waals surface area contributed by atoms with Crippen LogP contribution in [0.1, 0.15) is 16.7 Å². The van der Waals surface area contributed by atoms with Crippen molar-refractivity contribution in [3.8, 4) is 11.8 Å². The smallest absolute Gasteiger partial charge is 0.335 e. The van der Waals surface area contributed by atoms with Gasteiger partial charge in [0.25, 0.3) is 11.8 Å². The zero-order chi connectivity index (χ0) is 25.1. The Labute approximate surface area is 226 Å². The topological polar surface area (TPSA) is 99.5 Å². The highest BCUT2D eigenvalue weighted by molar-refractivity contribution is 14.1. The first-order chi connectivity index (χ1) is 16.8. The molecule has 4 rings (SSSR count). The van der Waals surface area contributed by atoms with Crippen molar-refractivity contribution in [1.29, 1.82) is 5.26 Å². The van der Waals surface area contributed by atoms with E-state index in [4.69, 9.17) is 4.74 Å². The first-order valence-corrected chi connectivity index (χ1v) is 12.2. The molecular weight excluding hydrogens is 679 g/mol. The van der Waals surface area contributed by atoms with Gasteiger partial charge in [0.05, 0.1) is 24.5 Å². The Morgan fingerprint density at radius 3 is 2.34 bits per heavy atom. The highest BCUT2D eigenvalue weighted by atomic mass is 127. The monoisotopic (exact) mass is 693 g/mol. The number of imide groups is 2. The fraction of sp³-hybridized carbons (Fsp3) is 0.0400. The van der Waals surface area contributed by atoms with Gasteiger partial charge in [0.15, 0.2) is 0 Å². The number of nitrogens with one attached hydrogen (secondary N) is 1. The molecule has 1 aliphatic heterocycles. The number of carbonyl (C=O) groups is 3.